The van der Waals surface area contributed by atoms with Crippen LogP contribution in [0.15, 0.2) is 28.7 Å². The Morgan fingerprint density at radius 3 is 2.88 bits per heavy atom. The molecule has 1 aromatic carbocycles. The number of rotatable bonds is 4. The summed E-state index contributed by atoms with van der Waals surface area (Å²) in [7, 11) is 0. The molecule has 3 rings (SSSR count). The van der Waals surface area contributed by atoms with E-state index < -0.39 is 11.7 Å². The van der Waals surface area contributed by atoms with Gasteiger partial charge in [-0.3, -0.25) is 0 Å². The summed E-state index contributed by atoms with van der Waals surface area (Å²) in [5.41, 5.74) is 2.19. The number of nitrogens with one attached hydrogen (secondary N) is 1. The Morgan fingerprint density at radius 1 is 1.28 bits per heavy atom. The van der Waals surface area contributed by atoms with Crippen molar-refractivity contribution in [3.63, 3.8) is 0 Å². The van der Waals surface area contributed by atoms with Crippen molar-refractivity contribution in [1.29, 1.82) is 0 Å². The second-order valence-electron chi connectivity index (χ2n) is 5.67. The first kappa shape index (κ1) is 17.8. The molecule has 1 saturated heterocycles. The topological polar surface area (TPSA) is 69.7 Å². The molecule has 8 heteroatoms. The highest BCUT2D eigenvalue weighted by atomic mass is 19.4. The standard InChI is InChI=1S/C17H17F3N2O3/c18-17(19,20)12-4-6-14-11(9-12)10-16(24-14)15-7-5-13(23-15)3-1-2-8-22-25-21/h4,6,9-10,13,15,22H,2,5,7-8,21H2/t13-,15+/m1/s1. The smallest absolute Gasteiger partial charge is 0.416 e. The first-order valence-corrected chi connectivity index (χ1v) is 7.80. The van der Waals surface area contributed by atoms with Gasteiger partial charge in [-0.25, -0.2) is 4.94 Å². The molecule has 2 aromatic rings. The lowest BCUT2D eigenvalue weighted by molar-refractivity contribution is -0.137. The molecule has 1 fully saturated rings. The van der Waals surface area contributed by atoms with E-state index in [1.807, 2.05) is 0 Å². The molecule has 134 valence electrons. The summed E-state index contributed by atoms with van der Waals surface area (Å²) in [5.74, 6) is 11.3. The number of alkyl halides is 3. The third-order valence-electron chi connectivity index (χ3n) is 3.90. The van der Waals surface area contributed by atoms with Crippen molar-refractivity contribution < 1.29 is 27.3 Å². The number of ether oxygens (including phenoxy) is 1. The second kappa shape index (κ2) is 7.45. The van der Waals surface area contributed by atoms with Crippen LogP contribution in [0.1, 0.15) is 36.7 Å². The number of nitrogens with two attached hydrogens (primary N) is 1. The number of hydroxylamine groups is 1. The Morgan fingerprint density at radius 2 is 2.12 bits per heavy atom. The van der Waals surface area contributed by atoms with E-state index >= 15 is 0 Å². The highest BCUT2D eigenvalue weighted by Crippen LogP contribution is 2.37. The van der Waals surface area contributed by atoms with Crippen LogP contribution < -0.4 is 11.4 Å². The largest absolute Gasteiger partial charge is 0.458 e. The maximum Gasteiger partial charge on any atom is 0.416 e. The lowest BCUT2D eigenvalue weighted by Crippen LogP contribution is -2.19. The minimum Gasteiger partial charge on any atom is -0.458 e. The van der Waals surface area contributed by atoms with Gasteiger partial charge in [-0.15, -0.1) is 0 Å². The highest BCUT2D eigenvalue weighted by molar-refractivity contribution is 5.79. The van der Waals surface area contributed by atoms with E-state index in [2.05, 4.69) is 22.3 Å². The molecule has 0 aliphatic carbocycles. The molecular weight excluding hydrogens is 337 g/mol. The second-order valence-corrected chi connectivity index (χ2v) is 5.67. The molecule has 2 heterocycles. The average molecular weight is 354 g/mol. The number of halogens is 3. The minimum absolute atomic E-state index is 0.220. The van der Waals surface area contributed by atoms with Crippen molar-refractivity contribution in [1.82, 2.24) is 5.48 Å². The summed E-state index contributed by atoms with van der Waals surface area (Å²) in [6.07, 6.45) is -2.89. The van der Waals surface area contributed by atoms with E-state index in [1.165, 1.54) is 6.07 Å². The molecule has 1 aromatic heterocycles. The summed E-state index contributed by atoms with van der Waals surface area (Å²) in [5, 5.41) is 0.413. The molecule has 0 bridgehead atoms. The Hall–Kier alpha value is -2.05. The number of hydrogen-bond donors (Lipinski definition) is 2. The van der Waals surface area contributed by atoms with Crippen LogP contribution in [-0.4, -0.2) is 12.6 Å². The molecule has 3 N–H and O–H groups in total. The van der Waals surface area contributed by atoms with Crippen molar-refractivity contribution in [3.8, 4) is 11.8 Å². The lowest BCUT2D eigenvalue weighted by Gasteiger charge is -2.06. The van der Waals surface area contributed by atoms with Crippen LogP contribution in [0.5, 0.6) is 0 Å². The Balaban J connectivity index is 1.66. The van der Waals surface area contributed by atoms with Gasteiger partial charge in [-0.2, -0.15) is 24.5 Å². The fourth-order valence-electron chi connectivity index (χ4n) is 2.71. The molecule has 0 radical (unpaired) electrons. The third-order valence-corrected chi connectivity index (χ3v) is 3.90. The van der Waals surface area contributed by atoms with E-state index in [9.17, 15) is 13.2 Å². The maximum absolute atomic E-state index is 12.8. The molecule has 1 aliphatic rings. The monoisotopic (exact) mass is 354 g/mol. The minimum atomic E-state index is -4.38. The normalized spacial score (nSPS) is 20.6. The fraction of sp³-hybridized carbons (Fsp3) is 0.412. The van der Waals surface area contributed by atoms with Gasteiger partial charge in [0.2, 0.25) is 0 Å². The van der Waals surface area contributed by atoms with E-state index in [4.69, 9.17) is 15.1 Å². The molecule has 2 atom stereocenters. The molecule has 0 saturated carbocycles. The quantitative estimate of drug-likeness (QED) is 0.500. The van der Waals surface area contributed by atoms with Gasteiger partial charge in [0.05, 0.1) is 5.56 Å². The van der Waals surface area contributed by atoms with E-state index in [0.29, 0.717) is 36.1 Å². The average Bonchev–Trinajstić information content (AvgIpc) is 3.19. The van der Waals surface area contributed by atoms with Crippen LogP contribution in [0.25, 0.3) is 11.0 Å². The van der Waals surface area contributed by atoms with Crippen LogP contribution in [-0.2, 0) is 15.9 Å². The summed E-state index contributed by atoms with van der Waals surface area (Å²) in [6.45, 7) is 0.505. The Bertz CT molecular complexity index is 792. The number of benzene rings is 1. The first-order valence-electron chi connectivity index (χ1n) is 7.80. The summed E-state index contributed by atoms with van der Waals surface area (Å²) in [4.78, 5) is 4.22. The van der Waals surface area contributed by atoms with Gasteiger partial charge in [0, 0.05) is 18.4 Å². The molecule has 25 heavy (non-hydrogen) atoms. The van der Waals surface area contributed by atoms with Gasteiger partial charge < -0.3 is 9.15 Å². The van der Waals surface area contributed by atoms with E-state index in [0.717, 1.165) is 18.6 Å². The molecule has 5 nitrogen and oxygen atoms in total. The number of furan rings is 1. The number of hydrogen-bond acceptors (Lipinski definition) is 5. The van der Waals surface area contributed by atoms with E-state index in [-0.39, 0.29) is 12.2 Å². The van der Waals surface area contributed by atoms with Crippen molar-refractivity contribution >= 4 is 11.0 Å². The predicted octanol–water partition coefficient (Wildman–Crippen LogP) is 3.46. The first-order chi connectivity index (χ1) is 12.0. The Kier molecular flexibility index (Phi) is 5.30. The van der Waals surface area contributed by atoms with Gasteiger partial charge in [0.1, 0.15) is 23.6 Å². The maximum atomic E-state index is 12.8. The van der Waals surface area contributed by atoms with Gasteiger partial charge in [-0.05, 0) is 37.1 Å². The van der Waals surface area contributed by atoms with Crippen molar-refractivity contribution in [2.24, 2.45) is 5.90 Å². The van der Waals surface area contributed by atoms with Crippen molar-refractivity contribution in [2.75, 3.05) is 6.54 Å². The number of fused-ring (bicyclic) bond motifs is 1. The van der Waals surface area contributed by atoms with Gasteiger partial charge in [0.15, 0.2) is 0 Å². The van der Waals surface area contributed by atoms with Crippen molar-refractivity contribution in [3.05, 3.63) is 35.6 Å². The van der Waals surface area contributed by atoms with Crippen LogP contribution in [0.3, 0.4) is 0 Å². The highest BCUT2D eigenvalue weighted by Gasteiger charge is 2.32. The van der Waals surface area contributed by atoms with Crippen LogP contribution >= 0.6 is 0 Å². The summed E-state index contributed by atoms with van der Waals surface area (Å²) >= 11 is 0. The van der Waals surface area contributed by atoms with Crippen LogP contribution in [0.2, 0.25) is 0 Å². The summed E-state index contributed by atoms with van der Waals surface area (Å²) < 4.78 is 49.8. The van der Waals surface area contributed by atoms with Crippen LogP contribution in [0, 0.1) is 11.8 Å². The molecular formula is C17H17F3N2O3. The van der Waals surface area contributed by atoms with Crippen molar-refractivity contribution in [2.45, 2.75) is 37.6 Å². The molecule has 0 spiro atoms. The molecule has 0 unspecified atom stereocenters. The lowest BCUT2D eigenvalue weighted by atomic mass is 10.1. The zero-order chi connectivity index (χ0) is 17.9. The Labute approximate surface area is 142 Å². The third kappa shape index (κ3) is 4.32. The zero-order valence-electron chi connectivity index (χ0n) is 13.2. The zero-order valence-corrected chi connectivity index (χ0v) is 13.2. The van der Waals surface area contributed by atoms with Gasteiger partial charge in [0.25, 0.3) is 0 Å². The SMILES string of the molecule is NONCCC#C[C@@H]1CC[C@@H](c2cc3cc(C(F)(F)F)ccc3o2)O1. The molecule has 1 aliphatic heterocycles. The predicted molar refractivity (Wildman–Crippen MR) is 83.7 cm³/mol. The summed E-state index contributed by atoms with van der Waals surface area (Å²) in [6, 6.07) is 5.04. The van der Waals surface area contributed by atoms with Gasteiger partial charge >= 0.3 is 6.18 Å². The van der Waals surface area contributed by atoms with Gasteiger partial charge in [-0.1, -0.05) is 11.8 Å². The fourth-order valence-corrected chi connectivity index (χ4v) is 2.71. The molecule has 0 amide bonds. The van der Waals surface area contributed by atoms with E-state index in [1.54, 1.807) is 6.07 Å². The van der Waals surface area contributed by atoms with Crippen LogP contribution in [0.4, 0.5) is 13.2 Å².